The van der Waals surface area contributed by atoms with E-state index in [4.69, 9.17) is 0 Å². The molecule has 2 heteroatoms. The van der Waals surface area contributed by atoms with Gasteiger partial charge in [-0.1, -0.05) is 51.0 Å². The van der Waals surface area contributed by atoms with Gasteiger partial charge in [0.15, 0.2) is 0 Å². The zero-order valence-electron chi connectivity index (χ0n) is 12.9. The van der Waals surface area contributed by atoms with Crippen LogP contribution in [0.1, 0.15) is 50.7 Å². The van der Waals surface area contributed by atoms with E-state index in [0.717, 1.165) is 25.1 Å². The average Bonchev–Trinajstić information content (AvgIpc) is 2.69. The Morgan fingerprint density at radius 1 is 1.00 bits per heavy atom. The first-order valence-corrected chi connectivity index (χ1v) is 8.01. The number of nitrogens with zero attached hydrogens (tertiary/aromatic N) is 1. The van der Waals surface area contributed by atoms with Gasteiger partial charge < -0.3 is 4.90 Å². The second-order valence-corrected chi connectivity index (χ2v) is 6.39. The average molecular weight is 273 g/mol. The third kappa shape index (κ3) is 4.66. The molecule has 1 aromatic rings. The maximum absolute atomic E-state index is 12.3. The summed E-state index contributed by atoms with van der Waals surface area (Å²) in [5, 5.41) is 0. The van der Waals surface area contributed by atoms with Crippen LogP contribution in [0.15, 0.2) is 24.3 Å². The van der Waals surface area contributed by atoms with Crippen molar-refractivity contribution in [2.45, 2.75) is 52.4 Å². The Bertz CT molecular complexity index is 414. The summed E-state index contributed by atoms with van der Waals surface area (Å²) in [6.45, 7) is 6.36. The van der Waals surface area contributed by atoms with Crippen molar-refractivity contribution < 1.29 is 4.79 Å². The molecule has 2 rings (SSSR count). The van der Waals surface area contributed by atoms with Gasteiger partial charge in [0.05, 0.1) is 6.42 Å². The largest absolute Gasteiger partial charge is 0.342 e. The molecule has 0 atom stereocenters. The normalized spacial score (nSPS) is 16.2. The van der Waals surface area contributed by atoms with Crippen LogP contribution in [0.2, 0.25) is 0 Å². The van der Waals surface area contributed by atoms with E-state index >= 15 is 0 Å². The molecule has 1 aliphatic rings. The minimum atomic E-state index is 0.295. The van der Waals surface area contributed by atoms with Crippen LogP contribution in [0.4, 0.5) is 0 Å². The van der Waals surface area contributed by atoms with Crippen LogP contribution in [-0.2, 0) is 17.6 Å². The Labute approximate surface area is 123 Å². The van der Waals surface area contributed by atoms with Gasteiger partial charge in [0.1, 0.15) is 0 Å². The fraction of sp³-hybridized carbons (Fsp3) is 0.611. The fourth-order valence-corrected chi connectivity index (χ4v) is 2.87. The Hall–Kier alpha value is -1.31. The Morgan fingerprint density at radius 3 is 2.10 bits per heavy atom. The van der Waals surface area contributed by atoms with E-state index in [2.05, 4.69) is 43.0 Å². The summed E-state index contributed by atoms with van der Waals surface area (Å²) in [5.41, 5.74) is 2.51. The molecule has 1 heterocycles. The van der Waals surface area contributed by atoms with Crippen LogP contribution < -0.4 is 0 Å². The molecular formula is C18H27NO. The molecule has 1 aromatic carbocycles. The third-order valence-electron chi connectivity index (χ3n) is 3.98. The zero-order valence-corrected chi connectivity index (χ0v) is 12.9. The lowest BCUT2D eigenvalue weighted by Crippen LogP contribution is -2.33. The van der Waals surface area contributed by atoms with Crippen molar-refractivity contribution in [3.63, 3.8) is 0 Å². The van der Waals surface area contributed by atoms with Crippen LogP contribution >= 0.6 is 0 Å². The molecule has 2 nitrogen and oxygen atoms in total. The van der Waals surface area contributed by atoms with Crippen molar-refractivity contribution in [1.29, 1.82) is 0 Å². The van der Waals surface area contributed by atoms with Crippen molar-refractivity contribution in [3.8, 4) is 0 Å². The topological polar surface area (TPSA) is 20.3 Å². The summed E-state index contributed by atoms with van der Waals surface area (Å²) in [6.07, 6.45) is 6.54. The van der Waals surface area contributed by atoms with E-state index in [1.165, 1.54) is 31.2 Å². The minimum Gasteiger partial charge on any atom is -0.342 e. The summed E-state index contributed by atoms with van der Waals surface area (Å²) >= 11 is 0. The molecule has 1 aliphatic heterocycles. The molecule has 0 spiro atoms. The maximum atomic E-state index is 12.3. The molecule has 20 heavy (non-hydrogen) atoms. The SMILES string of the molecule is CC(C)Cc1ccc(CC(=O)N2CCCCCC2)cc1. The summed E-state index contributed by atoms with van der Waals surface area (Å²) < 4.78 is 0. The van der Waals surface area contributed by atoms with E-state index in [9.17, 15) is 4.79 Å². The molecule has 0 radical (unpaired) electrons. The molecule has 0 saturated carbocycles. The molecule has 0 bridgehead atoms. The summed E-state index contributed by atoms with van der Waals surface area (Å²) in [4.78, 5) is 14.4. The smallest absolute Gasteiger partial charge is 0.226 e. The van der Waals surface area contributed by atoms with Gasteiger partial charge in [-0.05, 0) is 36.3 Å². The highest BCUT2D eigenvalue weighted by Gasteiger charge is 2.15. The van der Waals surface area contributed by atoms with Gasteiger partial charge in [-0.15, -0.1) is 0 Å². The molecule has 110 valence electrons. The molecule has 0 unspecified atom stereocenters. The maximum Gasteiger partial charge on any atom is 0.226 e. The Kier molecular flexibility index (Phi) is 5.63. The lowest BCUT2D eigenvalue weighted by molar-refractivity contribution is -0.130. The Balaban J connectivity index is 1.90. The quantitative estimate of drug-likeness (QED) is 0.816. The molecule has 0 aromatic heterocycles. The zero-order chi connectivity index (χ0) is 14.4. The lowest BCUT2D eigenvalue weighted by Gasteiger charge is -2.20. The van der Waals surface area contributed by atoms with E-state index in [-0.39, 0.29) is 0 Å². The van der Waals surface area contributed by atoms with E-state index < -0.39 is 0 Å². The van der Waals surface area contributed by atoms with Gasteiger partial charge in [-0.3, -0.25) is 4.79 Å². The predicted octanol–water partition coefficient (Wildman–Crippen LogP) is 3.83. The highest BCUT2D eigenvalue weighted by atomic mass is 16.2. The number of carbonyl (C=O) groups is 1. The number of carbonyl (C=O) groups excluding carboxylic acids is 1. The van der Waals surface area contributed by atoms with Crippen molar-refractivity contribution in [2.24, 2.45) is 5.92 Å². The van der Waals surface area contributed by atoms with Gasteiger partial charge in [-0.25, -0.2) is 0 Å². The van der Waals surface area contributed by atoms with Crippen molar-refractivity contribution in [3.05, 3.63) is 35.4 Å². The summed E-state index contributed by atoms with van der Waals surface area (Å²) in [5.74, 6) is 0.975. The standard InChI is InChI=1S/C18H27NO/c1-15(2)13-16-7-9-17(10-8-16)14-18(20)19-11-5-3-4-6-12-19/h7-10,15H,3-6,11-14H2,1-2H3. The van der Waals surface area contributed by atoms with Crippen LogP contribution in [-0.4, -0.2) is 23.9 Å². The van der Waals surface area contributed by atoms with Gasteiger partial charge in [0.2, 0.25) is 5.91 Å². The summed E-state index contributed by atoms with van der Waals surface area (Å²) in [7, 11) is 0. The van der Waals surface area contributed by atoms with Gasteiger partial charge in [0, 0.05) is 13.1 Å². The molecule has 1 fully saturated rings. The number of hydrogen-bond acceptors (Lipinski definition) is 1. The van der Waals surface area contributed by atoms with Gasteiger partial charge in [-0.2, -0.15) is 0 Å². The van der Waals surface area contributed by atoms with Crippen molar-refractivity contribution >= 4 is 5.91 Å². The molecule has 0 N–H and O–H groups in total. The lowest BCUT2D eigenvalue weighted by atomic mass is 10.0. The fourth-order valence-electron chi connectivity index (χ4n) is 2.87. The number of benzene rings is 1. The molecule has 1 saturated heterocycles. The van der Waals surface area contributed by atoms with E-state index in [0.29, 0.717) is 18.2 Å². The molecule has 1 amide bonds. The number of hydrogen-bond donors (Lipinski definition) is 0. The van der Waals surface area contributed by atoms with Crippen molar-refractivity contribution in [2.75, 3.05) is 13.1 Å². The molecule has 0 aliphatic carbocycles. The van der Waals surface area contributed by atoms with Crippen LogP contribution in [0.25, 0.3) is 0 Å². The van der Waals surface area contributed by atoms with E-state index in [1.54, 1.807) is 0 Å². The highest BCUT2D eigenvalue weighted by molar-refractivity contribution is 5.78. The first-order valence-electron chi connectivity index (χ1n) is 8.01. The predicted molar refractivity (Wildman–Crippen MR) is 83.7 cm³/mol. The second kappa shape index (κ2) is 7.47. The van der Waals surface area contributed by atoms with Crippen LogP contribution in [0, 0.1) is 5.92 Å². The first kappa shape index (κ1) is 15.1. The molecular weight excluding hydrogens is 246 g/mol. The van der Waals surface area contributed by atoms with Gasteiger partial charge >= 0.3 is 0 Å². The third-order valence-corrected chi connectivity index (χ3v) is 3.98. The highest BCUT2D eigenvalue weighted by Crippen LogP contribution is 2.13. The number of amides is 1. The van der Waals surface area contributed by atoms with Gasteiger partial charge in [0.25, 0.3) is 0 Å². The Morgan fingerprint density at radius 2 is 1.55 bits per heavy atom. The van der Waals surface area contributed by atoms with E-state index in [1.807, 2.05) is 0 Å². The van der Waals surface area contributed by atoms with Crippen LogP contribution in [0.5, 0.6) is 0 Å². The second-order valence-electron chi connectivity index (χ2n) is 6.39. The number of rotatable bonds is 4. The van der Waals surface area contributed by atoms with Crippen molar-refractivity contribution in [1.82, 2.24) is 4.90 Å². The number of likely N-dealkylation sites (tertiary alicyclic amines) is 1. The monoisotopic (exact) mass is 273 g/mol. The minimum absolute atomic E-state index is 0.295. The summed E-state index contributed by atoms with van der Waals surface area (Å²) in [6, 6.07) is 8.58. The van der Waals surface area contributed by atoms with Crippen LogP contribution in [0.3, 0.4) is 0 Å². The first-order chi connectivity index (χ1) is 9.65.